The first-order chi connectivity index (χ1) is 11.1. The first-order valence-corrected chi connectivity index (χ1v) is 8.65. The zero-order chi connectivity index (χ0) is 17.1. The van der Waals surface area contributed by atoms with Crippen molar-refractivity contribution in [2.24, 2.45) is 0 Å². The molecule has 0 aliphatic carbocycles. The number of hydrogen-bond acceptors (Lipinski definition) is 4. The average Bonchev–Trinajstić information content (AvgIpc) is 2.50. The van der Waals surface area contributed by atoms with Crippen molar-refractivity contribution >= 4 is 23.5 Å². The van der Waals surface area contributed by atoms with E-state index in [-0.39, 0.29) is 23.4 Å². The molecule has 5 heteroatoms. The summed E-state index contributed by atoms with van der Waals surface area (Å²) in [6.45, 7) is 4.14. The number of rotatable bonds is 10. The molecule has 1 aromatic carbocycles. The largest absolute Gasteiger partial charge is 0.423 e. The quantitative estimate of drug-likeness (QED) is 0.329. The second-order valence-corrected chi connectivity index (χ2v) is 5.89. The molecule has 128 valence electrons. The van der Waals surface area contributed by atoms with Gasteiger partial charge in [0.15, 0.2) is 11.5 Å². The first kappa shape index (κ1) is 19.5. The van der Waals surface area contributed by atoms with Crippen LogP contribution in [-0.4, -0.2) is 11.9 Å². The summed E-state index contributed by atoms with van der Waals surface area (Å²) < 4.78 is 10.6. The monoisotopic (exact) mass is 340 g/mol. The number of carbonyl (C=O) groups excluding carboxylic acids is 2. The first-order valence-electron chi connectivity index (χ1n) is 8.27. The number of ether oxygens (including phenoxy) is 2. The van der Waals surface area contributed by atoms with Gasteiger partial charge in [-0.1, -0.05) is 51.1 Å². The molecular weight excluding hydrogens is 316 g/mol. The van der Waals surface area contributed by atoms with Crippen LogP contribution in [0.25, 0.3) is 0 Å². The molecule has 0 fully saturated rings. The van der Waals surface area contributed by atoms with Gasteiger partial charge in [0.1, 0.15) is 0 Å². The summed E-state index contributed by atoms with van der Waals surface area (Å²) >= 11 is 5.93. The molecule has 0 spiro atoms. The van der Waals surface area contributed by atoms with Crippen molar-refractivity contribution in [2.75, 3.05) is 0 Å². The van der Waals surface area contributed by atoms with Crippen LogP contribution in [0.5, 0.6) is 11.5 Å². The van der Waals surface area contributed by atoms with Crippen LogP contribution in [0, 0.1) is 0 Å². The fourth-order valence-electron chi connectivity index (χ4n) is 2.03. The van der Waals surface area contributed by atoms with Gasteiger partial charge in [-0.3, -0.25) is 9.59 Å². The highest BCUT2D eigenvalue weighted by atomic mass is 35.5. The molecule has 4 nitrogen and oxygen atoms in total. The van der Waals surface area contributed by atoms with Gasteiger partial charge in [-0.25, -0.2) is 0 Å². The molecule has 0 atom stereocenters. The number of halogens is 1. The van der Waals surface area contributed by atoms with E-state index in [4.69, 9.17) is 21.1 Å². The molecule has 0 aromatic heterocycles. The third-order valence-electron chi connectivity index (χ3n) is 3.32. The smallest absolute Gasteiger partial charge is 0.311 e. The molecule has 0 radical (unpaired) electrons. The normalized spacial score (nSPS) is 10.4. The van der Waals surface area contributed by atoms with E-state index in [2.05, 4.69) is 13.8 Å². The summed E-state index contributed by atoms with van der Waals surface area (Å²) in [7, 11) is 0. The number of benzene rings is 1. The minimum absolute atomic E-state index is 0.197. The Morgan fingerprint density at radius 2 is 1.39 bits per heavy atom. The molecular formula is C18H25ClO4. The second kappa shape index (κ2) is 11.1. The van der Waals surface area contributed by atoms with Crippen LogP contribution >= 0.6 is 11.6 Å². The molecule has 0 aliphatic rings. The van der Waals surface area contributed by atoms with Crippen LogP contribution in [0.15, 0.2) is 18.2 Å². The number of carbonyl (C=O) groups is 2. The molecule has 1 rings (SSSR count). The number of unbranched alkanes of at least 4 members (excludes halogenated alkanes) is 4. The van der Waals surface area contributed by atoms with Crippen LogP contribution in [0.4, 0.5) is 0 Å². The fourth-order valence-corrected chi connectivity index (χ4v) is 2.19. The van der Waals surface area contributed by atoms with E-state index >= 15 is 0 Å². The van der Waals surface area contributed by atoms with Gasteiger partial charge in [0.25, 0.3) is 0 Å². The highest BCUT2D eigenvalue weighted by Gasteiger charge is 2.14. The highest BCUT2D eigenvalue weighted by molar-refractivity contribution is 6.30. The van der Waals surface area contributed by atoms with Crippen molar-refractivity contribution in [1.29, 1.82) is 0 Å². The maximum Gasteiger partial charge on any atom is 0.311 e. The molecule has 0 aliphatic heterocycles. The highest BCUT2D eigenvalue weighted by Crippen LogP contribution is 2.31. The third-order valence-corrected chi connectivity index (χ3v) is 3.56. The molecule has 1 aromatic rings. The van der Waals surface area contributed by atoms with Crippen LogP contribution in [-0.2, 0) is 9.59 Å². The molecule has 0 unspecified atom stereocenters. The lowest BCUT2D eigenvalue weighted by atomic mass is 10.2. The fraction of sp³-hybridized carbons (Fsp3) is 0.556. The van der Waals surface area contributed by atoms with Crippen LogP contribution < -0.4 is 9.47 Å². The summed E-state index contributed by atoms with van der Waals surface area (Å²) in [5.41, 5.74) is 0. The Kier molecular flexibility index (Phi) is 9.37. The molecule has 0 saturated heterocycles. The zero-order valence-electron chi connectivity index (χ0n) is 13.9. The van der Waals surface area contributed by atoms with Gasteiger partial charge in [-0.2, -0.15) is 0 Å². The topological polar surface area (TPSA) is 52.6 Å². The van der Waals surface area contributed by atoms with Gasteiger partial charge < -0.3 is 9.47 Å². The van der Waals surface area contributed by atoms with Gasteiger partial charge in [-0.15, -0.1) is 0 Å². The van der Waals surface area contributed by atoms with E-state index in [1.54, 1.807) is 12.1 Å². The third kappa shape index (κ3) is 8.03. The Bertz CT molecular complexity index is 514. The van der Waals surface area contributed by atoms with E-state index in [1.807, 2.05) is 0 Å². The zero-order valence-corrected chi connectivity index (χ0v) is 14.7. The van der Waals surface area contributed by atoms with Gasteiger partial charge in [-0.05, 0) is 25.0 Å². The summed E-state index contributed by atoms with van der Waals surface area (Å²) in [5, 5.41) is 0.423. The number of esters is 2. The predicted octanol–water partition coefficient (Wildman–Crippen LogP) is 5.31. The molecule has 0 N–H and O–H groups in total. The summed E-state index contributed by atoms with van der Waals surface area (Å²) in [6.07, 6.45) is 6.28. The van der Waals surface area contributed by atoms with Gasteiger partial charge in [0.05, 0.1) is 0 Å². The van der Waals surface area contributed by atoms with Gasteiger partial charge in [0.2, 0.25) is 0 Å². The Labute approximate surface area is 143 Å². The summed E-state index contributed by atoms with van der Waals surface area (Å²) in [5.74, 6) is -0.240. The molecule has 0 amide bonds. The lowest BCUT2D eigenvalue weighted by molar-refractivity contribution is -0.137. The van der Waals surface area contributed by atoms with E-state index < -0.39 is 0 Å². The van der Waals surface area contributed by atoms with Crippen molar-refractivity contribution in [3.63, 3.8) is 0 Å². The molecule has 0 heterocycles. The van der Waals surface area contributed by atoms with Crippen molar-refractivity contribution in [3.8, 4) is 11.5 Å². The van der Waals surface area contributed by atoms with Crippen LogP contribution in [0.2, 0.25) is 5.02 Å². The van der Waals surface area contributed by atoms with Crippen LogP contribution in [0.3, 0.4) is 0 Å². The number of hydrogen-bond donors (Lipinski definition) is 0. The van der Waals surface area contributed by atoms with Gasteiger partial charge >= 0.3 is 11.9 Å². The maximum atomic E-state index is 11.8. The Morgan fingerprint density at radius 3 is 1.91 bits per heavy atom. The average molecular weight is 341 g/mol. The summed E-state index contributed by atoms with van der Waals surface area (Å²) in [4.78, 5) is 23.7. The van der Waals surface area contributed by atoms with Crippen molar-refractivity contribution in [2.45, 2.75) is 65.2 Å². The maximum absolute atomic E-state index is 11.8. The van der Waals surface area contributed by atoms with E-state index in [9.17, 15) is 9.59 Å². The molecule has 23 heavy (non-hydrogen) atoms. The van der Waals surface area contributed by atoms with Crippen molar-refractivity contribution < 1.29 is 19.1 Å². The minimum Gasteiger partial charge on any atom is -0.423 e. The Balaban J connectivity index is 2.65. The molecule has 0 saturated carbocycles. The molecule has 0 bridgehead atoms. The van der Waals surface area contributed by atoms with Crippen molar-refractivity contribution in [3.05, 3.63) is 23.2 Å². The summed E-state index contributed by atoms with van der Waals surface area (Å²) in [6, 6.07) is 4.65. The lowest BCUT2D eigenvalue weighted by Crippen LogP contribution is -2.12. The second-order valence-electron chi connectivity index (χ2n) is 5.45. The van der Waals surface area contributed by atoms with E-state index in [0.29, 0.717) is 17.9 Å². The van der Waals surface area contributed by atoms with E-state index in [1.165, 1.54) is 6.07 Å². The Morgan fingerprint density at radius 1 is 0.870 bits per heavy atom. The van der Waals surface area contributed by atoms with Crippen molar-refractivity contribution in [1.82, 2.24) is 0 Å². The Hall–Kier alpha value is -1.55. The minimum atomic E-state index is -0.344. The SMILES string of the molecule is CCCCCC(=O)Oc1ccc(Cl)cc1OC(=O)CCCCC. The van der Waals surface area contributed by atoms with Gasteiger partial charge in [0, 0.05) is 23.9 Å². The standard InChI is InChI=1S/C18H25ClO4/c1-3-5-7-9-17(20)22-15-12-11-14(19)13-16(15)23-18(21)10-8-6-4-2/h11-13H,3-10H2,1-2H3. The van der Waals surface area contributed by atoms with Crippen LogP contribution in [0.1, 0.15) is 65.2 Å². The lowest BCUT2D eigenvalue weighted by Gasteiger charge is -2.11. The van der Waals surface area contributed by atoms with E-state index in [0.717, 1.165) is 38.5 Å². The predicted molar refractivity (Wildman–Crippen MR) is 91.0 cm³/mol.